The molecule has 3 unspecified atom stereocenters. The van der Waals surface area contributed by atoms with Crippen LogP contribution in [-0.2, 0) is 0 Å². The van der Waals surface area contributed by atoms with Crippen molar-refractivity contribution in [1.82, 2.24) is 0 Å². The van der Waals surface area contributed by atoms with Crippen LogP contribution in [0.3, 0.4) is 0 Å². The average Bonchev–Trinajstić information content (AvgIpc) is 1.80. The molecule has 0 aromatic carbocycles. The fourth-order valence-electron chi connectivity index (χ4n) is 1.19. The first-order chi connectivity index (χ1) is 4.20. The van der Waals surface area contributed by atoms with E-state index in [2.05, 4.69) is 6.92 Å². The van der Waals surface area contributed by atoms with Crippen molar-refractivity contribution in [2.75, 3.05) is 0 Å². The van der Waals surface area contributed by atoms with Crippen molar-refractivity contribution in [1.29, 1.82) is 0 Å². The van der Waals surface area contributed by atoms with Gasteiger partial charge in [-0.2, -0.15) is 0 Å². The fraction of sp³-hybridized carbons (Fsp3) is 0.857. The second-order valence-corrected chi connectivity index (χ2v) is 2.79. The van der Waals surface area contributed by atoms with Gasteiger partial charge in [0.15, 0.2) is 0 Å². The summed E-state index contributed by atoms with van der Waals surface area (Å²) < 4.78 is 0. The van der Waals surface area contributed by atoms with Crippen molar-refractivity contribution in [3.8, 4) is 0 Å². The quantitative estimate of drug-likeness (QED) is 0.495. The summed E-state index contributed by atoms with van der Waals surface area (Å²) in [5.41, 5.74) is 0. The third kappa shape index (κ3) is 1.66. The van der Waals surface area contributed by atoms with Gasteiger partial charge in [0.2, 0.25) is 0 Å². The van der Waals surface area contributed by atoms with Gasteiger partial charge in [0, 0.05) is 0 Å². The van der Waals surface area contributed by atoms with Gasteiger partial charge in [0.1, 0.15) is 0 Å². The predicted molar refractivity (Wildman–Crippen MR) is 34.7 cm³/mol. The average molecular weight is 129 g/mol. The maximum Gasteiger partial charge on any atom is 0.0593 e. The number of aliphatic hydroxyl groups is 2. The Morgan fingerprint density at radius 1 is 1.22 bits per heavy atom. The van der Waals surface area contributed by atoms with Gasteiger partial charge in [-0.05, 0) is 32.1 Å². The second-order valence-electron chi connectivity index (χ2n) is 2.79. The molecule has 0 aliphatic heterocycles. The lowest BCUT2D eigenvalue weighted by molar-refractivity contribution is 0.0153. The molecule has 2 heteroatoms. The van der Waals surface area contributed by atoms with Crippen LogP contribution < -0.4 is 0 Å². The monoisotopic (exact) mass is 129 g/mol. The van der Waals surface area contributed by atoms with E-state index in [1.54, 1.807) is 0 Å². The zero-order chi connectivity index (χ0) is 6.85. The van der Waals surface area contributed by atoms with Crippen LogP contribution in [0.5, 0.6) is 0 Å². The summed E-state index contributed by atoms with van der Waals surface area (Å²) in [6, 6.07) is 0. The highest BCUT2D eigenvalue weighted by Crippen LogP contribution is 2.23. The third-order valence-corrected chi connectivity index (χ3v) is 1.93. The smallest absolute Gasteiger partial charge is 0.0593 e. The van der Waals surface area contributed by atoms with E-state index in [1.807, 2.05) is 0 Å². The van der Waals surface area contributed by atoms with Crippen LogP contribution in [0.2, 0.25) is 0 Å². The minimum absolute atomic E-state index is 0.133. The van der Waals surface area contributed by atoms with E-state index in [9.17, 15) is 0 Å². The fourth-order valence-corrected chi connectivity index (χ4v) is 1.19. The minimum Gasteiger partial charge on any atom is -0.393 e. The van der Waals surface area contributed by atoms with E-state index in [0.717, 1.165) is 12.8 Å². The van der Waals surface area contributed by atoms with Crippen LogP contribution in [0, 0.1) is 12.8 Å². The Morgan fingerprint density at radius 2 is 1.89 bits per heavy atom. The van der Waals surface area contributed by atoms with Crippen molar-refractivity contribution in [2.24, 2.45) is 5.92 Å². The Balaban J connectivity index is 2.35. The molecule has 0 aromatic rings. The number of rotatable bonds is 0. The van der Waals surface area contributed by atoms with Crippen molar-refractivity contribution in [3.05, 3.63) is 6.92 Å². The van der Waals surface area contributed by atoms with Crippen LogP contribution >= 0.6 is 0 Å². The Morgan fingerprint density at radius 3 is 2.33 bits per heavy atom. The molecule has 1 radical (unpaired) electrons. The molecule has 9 heavy (non-hydrogen) atoms. The summed E-state index contributed by atoms with van der Waals surface area (Å²) >= 11 is 0. The van der Waals surface area contributed by atoms with Gasteiger partial charge in [-0.1, -0.05) is 0 Å². The summed E-state index contributed by atoms with van der Waals surface area (Å²) in [6.07, 6.45) is 1.48. The van der Waals surface area contributed by atoms with Gasteiger partial charge in [-0.15, -0.1) is 0 Å². The molecule has 0 bridgehead atoms. The maximum atomic E-state index is 9.13. The van der Waals surface area contributed by atoms with Gasteiger partial charge >= 0.3 is 0 Å². The summed E-state index contributed by atoms with van der Waals surface area (Å²) in [7, 11) is 0. The van der Waals surface area contributed by atoms with Gasteiger partial charge in [0.05, 0.1) is 12.2 Å². The van der Waals surface area contributed by atoms with Gasteiger partial charge < -0.3 is 10.2 Å². The maximum absolute atomic E-state index is 9.13. The zero-order valence-electron chi connectivity index (χ0n) is 5.45. The molecule has 0 heterocycles. The first-order valence-electron chi connectivity index (χ1n) is 3.39. The first kappa shape index (κ1) is 7.03. The topological polar surface area (TPSA) is 40.5 Å². The van der Waals surface area contributed by atoms with Crippen LogP contribution in [0.4, 0.5) is 0 Å². The highest BCUT2D eigenvalue weighted by atomic mass is 16.3. The Kier molecular flexibility index (Phi) is 2.09. The standard InChI is InChI=1S/C7H13O2/c1-5-2-3-6(8)4-7(5)9/h5-9H,1-4H2. The van der Waals surface area contributed by atoms with Crippen LogP contribution in [0.25, 0.3) is 0 Å². The summed E-state index contributed by atoms with van der Waals surface area (Å²) in [5.74, 6) is 0.133. The van der Waals surface area contributed by atoms with Gasteiger partial charge in [0.25, 0.3) is 0 Å². The lowest BCUT2D eigenvalue weighted by Crippen LogP contribution is -2.30. The molecule has 2 N–H and O–H groups in total. The highest BCUT2D eigenvalue weighted by molar-refractivity contribution is 4.80. The largest absolute Gasteiger partial charge is 0.393 e. The zero-order valence-corrected chi connectivity index (χ0v) is 5.45. The van der Waals surface area contributed by atoms with Crippen LogP contribution in [0.1, 0.15) is 19.3 Å². The first-order valence-corrected chi connectivity index (χ1v) is 3.39. The number of hydrogen-bond acceptors (Lipinski definition) is 2. The Hall–Kier alpha value is -0.0800. The highest BCUT2D eigenvalue weighted by Gasteiger charge is 2.23. The van der Waals surface area contributed by atoms with E-state index in [4.69, 9.17) is 10.2 Å². The lowest BCUT2D eigenvalue weighted by Gasteiger charge is -2.27. The molecule has 0 saturated heterocycles. The van der Waals surface area contributed by atoms with E-state index in [-0.39, 0.29) is 18.1 Å². The molecule has 3 atom stereocenters. The van der Waals surface area contributed by atoms with E-state index < -0.39 is 0 Å². The predicted octanol–water partition coefficient (Wildman–Crippen LogP) is 0.342. The molecule has 1 aliphatic carbocycles. The second kappa shape index (κ2) is 2.67. The van der Waals surface area contributed by atoms with Crippen molar-refractivity contribution >= 4 is 0 Å². The van der Waals surface area contributed by atoms with Crippen LogP contribution in [-0.4, -0.2) is 22.4 Å². The van der Waals surface area contributed by atoms with Crippen LogP contribution in [0.15, 0.2) is 0 Å². The summed E-state index contributed by atoms with van der Waals surface area (Å²) in [6.45, 7) is 3.75. The number of aliphatic hydroxyl groups excluding tert-OH is 2. The molecule has 2 nitrogen and oxygen atoms in total. The lowest BCUT2D eigenvalue weighted by atomic mass is 9.86. The van der Waals surface area contributed by atoms with E-state index >= 15 is 0 Å². The molecule has 1 fully saturated rings. The van der Waals surface area contributed by atoms with Gasteiger partial charge in [-0.3, -0.25) is 0 Å². The molecule has 0 spiro atoms. The SMILES string of the molecule is [CH2]C1CCC(O)CC1O. The van der Waals surface area contributed by atoms with E-state index in [0.29, 0.717) is 6.42 Å². The third-order valence-electron chi connectivity index (χ3n) is 1.93. The molecule has 53 valence electrons. The molecule has 1 rings (SSSR count). The summed E-state index contributed by atoms with van der Waals surface area (Å²) in [4.78, 5) is 0. The van der Waals surface area contributed by atoms with E-state index in [1.165, 1.54) is 0 Å². The van der Waals surface area contributed by atoms with Crippen molar-refractivity contribution < 1.29 is 10.2 Å². The molecule has 0 aromatic heterocycles. The molecule has 1 saturated carbocycles. The molecule has 1 aliphatic rings. The minimum atomic E-state index is -0.381. The number of hydrogen-bond donors (Lipinski definition) is 2. The summed E-state index contributed by atoms with van der Waals surface area (Å²) in [5, 5.41) is 18.1. The Labute approximate surface area is 55.5 Å². The normalized spacial score (nSPS) is 45.0. The Bertz CT molecular complexity index is 92.9. The molecular weight excluding hydrogens is 116 g/mol. The molecule has 0 amide bonds. The molecular formula is C7H13O2. The van der Waals surface area contributed by atoms with Crippen molar-refractivity contribution in [2.45, 2.75) is 31.5 Å². The van der Waals surface area contributed by atoms with Crippen molar-refractivity contribution in [3.63, 3.8) is 0 Å². The van der Waals surface area contributed by atoms with Gasteiger partial charge in [-0.25, -0.2) is 0 Å².